The first-order valence-corrected chi connectivity index (χ1v) is 18.1. The third-order valence-electron chi connectivity index (χ3n) is 9.21. The molecule has 0 radical (unpaired) electrons. The van der Waals surface area contributed by atoms with Gasteiger partial charge in [-0.15, -0.1) is 0 Å². The summed E-state index contributed by atoms with van der Waals surface area (Å²) in [5, 5.41) is 121. The van der Waals surface area contributed by atoms with Gasteiger partial charge >= 0.3 is 10.4 Å². The van der Waals surface area contributed by atoms with E-state index in [2.05, 4.69) is 14.8 Å². The van der Waals surface area contributed by atoms with Gasteiger partial charge in [-0.3, -0.25) is 14.1 Å². The molecule has 0 aromatic heterocycles. The van der Waals surface area contributed by atoms with E-state index in [4.69, 9.17) is 37.7 Å². The highest BCUT2D eigenvalue weighted by Crippen LogP contribution is 2.34. The zero-order chi connectivity index (χ0) is 41.1. The number of aliphatic hydroxyl groups is 11. The lowest BCUT2D eigenvalue weighted by molar-refractivity contribution is -0.375. The summed E-state index contributed by atoms with van der Waals surface area (Å²) in [6.07, 6.45) is -33.6. The molecule has 320 valence electrons. The molecular weight excluding hydrogens is 780 g/mol. The van der Waals surface area contributed by atoms with E-state index >= 15 is 0 Å². The Morgan fingerprint density at radius 3 is 1.58 bits per heavy atom. The highest BCUT2D eigenvalue weighted by Gasteiger charge is 2.56. The summed E-state index contributed by atoms with van der Waals surface area (Å²) in [7, 11) is -5.06. The van der Waals surface area contributed by atoms with Crippen molar-refractivity contribution in [2.75, 3.05) is 26.4 Å². The van der Waals surface area contributed by atoms with Crippen molar-refractivity contribution >= 4 is 22.2 Å². The zero-order valence-corrected chi connectivity index (χ0v) is 29.9. The van der Waals surface area contributed by atoms with Crippen molar-refractivity contribution < 1.29 is 116 Å². The number of hydrogen-bond acceptors (Lipinski definition) is 23. The summed E-state index contributed by atoms with van der Waals surface area (Å²) in [6.45, 7) is -1.80. The average molecular weight is 829 g/mol. The van der Waals surface area contributed by atoms with Crippen LogP contribution in [0, 0.1) is 0 Å². The predicted octanol–water partition coefficient (Wildman–Crippen LogP) is -9.63. The third kappa shape index (κ3) is 10.8. The standard InChI is InChI=1S/C28H48N2O24S/c1-7(34)29-13-18(39)22(52-27-20(41)19(40)15(36)12(51-27)6-47-55(44,45)46)11(5-33)50-26(13)54-24-17(38)10(4-32)49-28(21(24)42)53-23-14(30-8(2)35)25(43)48-9(3-31)16(23)37/h9-28,31-33,36-43H,3-6H2,1-2H3,(H,29,34)(H,30,35)(H,44,45,46)/t9-,10-,11-,12-,13-,14-,15+,16+,17+,18-,19+,20-,21-,22-,23-,24+,25+,26+,27+,28+/m1/s1. The van der Waals surface area contributed by atoms with Gasteiger partial charge in [0, 0.05) is 13.8 Å². The minimum absolute atomic E-state index is 0.715. The topological polar surface area (TPSA) is 409 Å². The molecule has 26 nitrogen and oxygen atoms in total. The minimum Gasteiger partial charge on any atom is -0.394 e. The van der Waals surface area contributed by atoms with Crippen LogP contribution in [0.5, 0.6) is 0 Å². The quantitative estimate of drug-likeness (QED) is 0.0723. The molecule has 0 aromatic rings. The van der Waals surface area contributed by atoms with Crippen LogP contribution in [-0.2, 0) is 57.3 Å². The van der Waals surface area contributed by atoms with Crippen LogP contribution in [-0.4, -0.2) is 230 Å². The van der Waals surface area contributed by atoms with E-state index < -0.39 is 171 Å². The largest absolute Gasteiger partial charge is 0.397 e. The molecule has 4 fully saturated rings. The maximum absolute atomic E-state index is 12.3. The van der Waals surface area contributed by atoms with Gasteiger partial charge in [-0.2, -0.15) is 8.42 Å². The van der Waals surface area contributed by atoms with Gasteiger partial charge < -0.3 is 100.0 Å². The number of amides is 2. The van der Waals surface area contributed by atoms with Gasteiger partial charge in [0.25, 0.3) is 0 Å². The second-order valence-corrected chi connectivity index (χ2v) is 14.2. The first-order chi connectivity index (χ1) is 25.7. The Morgan fingerprint density at radius 2 is 1.02 bits per heavy atom. The van der Waals surface area contributed by atoms with E-state index in [-0.39, 0.29) is 0 Å². The summed E-state index contributed by atoms with van der Waals surface area (Å²) in [4.78, 5) is 24.2. The van der Waals surface area contributed by atoms with Crippen LogP contribution >= 0.6 is 0 Å². The van der Waals surface area contributed by atoms with Crippen LogP contribution in [0.15, 0.2) is 0 Å². The molecule has 0 spiro atoms. The Hall–Kier alpha value is -1.91. The van der Waals surface area contributed by atoms with Gasteiger partial charge in [-0.1, -0.05) is 0 Å². The first kappa shape index (κ1) is 45.8. The molecule has 2 amide bonds. The normalized spacial score (nSPS) is 45.5. The van der Waals surface area contributed by atoms with Crippen LogP contribution in [0.3, 0.4) is 0 Å². The van der Waals surface area contributed by atoms with Crippen molar-refractivity contribution in [1.82, 2.24) is 10.6 Å². The number of aliphatic hydroxyl groups excluding tert-OH is 11. The SMILES string of the molecule is CC(=O)N[C@@H]1[C@@H](O[C@@H]2O[C@H](CO)[C@H](O)[C@H](O[C@@H]3O[C@H](CO)[C@@H](O[C@@H]4O[C@H](COS(=O)(=O)O)[C@H](O)[C@H](O)[C@H]4O)[C@H](O)[C@H]3NC(C)=O)[C@H]2O)[C@@H](O)[C@@H](CO)O[C@@H]1O. The summed E-state index contributed by atoms with van der Waals surface area (Å²) in [5.74, 6) is -1.54. The molecule has 0 bridgehead atoms. The molecule has 0 saturated carbocycles. The van der Waals surface area contributed by atoms with E-state index in [9.17, 15) is 74.2 Å². The number of carbonyl (C=O) groups is 2. The lowest BCUT2D eigenvalue weighted by atomic mass is 9.94. The smallest absolute Gasteiger partial charge is 0.394 e. The molecule has 14 N–H and O–H groups in total. The fraction of sp³-hybridized carbons (Fsp3) is 0.929. The Balaban J connectivity index is 1.58. The number of hydrogen-bond donors (Lipinski definition) is 14. The third-order valence-corrected chi connectivity index (χ3v) is 9.65. The van der Waals surface area contributed by atoms with E-state index in [1.807, 2.05) is 0 Å². The van der Waals surface area contributed by atoms with Crippen LogP contribution < -0.4 is 10.6 Å². The maximum Gasteiger partial charge on any atom is 0.397 e. The number of nitrogens with one attached hydrogen (secondary N) is 2. The minimum atomic E-state index is -5.06. The van der Waals surface area contributed by atoms with Crippen molar-refractivity contribution in [2.45, 2.75) is 137 Å². The Bertz CT molecular complexity index is 1380. The van der Waals surface area contributed by atoms with Crippen molar-refractivity contribution in [3.05, 3.63) is 0 Å². The monoisotopic (exact) mass is 828 g/mol. The summed E-state index contributed by atoms with van der Waals surface area (Å²) in [6, 6.07) is -3.24. The van der Waals surface area contributed by atoms with Gasteiger partial charge in [-0.25, -0.2) is 4.18 Å². The second kappa shape index (κ2) is 19.2. The van der Waals surface area contributed by atoms with Gasteiger partial charge in [0.15, 0.2) is 25.2 Å². The number of carbonyl (C=O) groups excluding carboxylic acids is 2. The molecule has 4 aliphatic heterocycles. The Kier molecular flexibility index (Phi) is 16.0. The van der Waals surface area contributed by atoms with Crippen LogP contribution in [0.1, 0.15) is 13.8 Å². The molecule has 4 heterocycles. The first-order valence-electron chi connectivity index (χ1n) is 16.7. The molecule has 4 saturated heterocycles. The van der Waals surface area contributed by atoms with E-state index in [0.717, 1.165) is 13.8 Å². The van der Waals surface area contributed by atoms with Crippen molar-refractivity contribution in [2.24, 2.45) is 0 Å². The lowest BCUT2D eigenvalue weighted by Crippen LogP contribution is -2.70. The van der Waals surface area contributed by atoms with Gasteiger partial charge in [-0.05, 0) is 0 Å². The Labute approximate surface area is 311 Å². The lowest BCUT2D eigenvalue weighted by Gasteiger charge is -2.50. The van der Waals surface area contributed by atoms with Crippen LogP contribution in [0.2, 0.25) is 0 Å². The van der Waals surface area contributed by atoms with Crippen molar-refractivity contribution in [1.29, 1.82) is 0 Å². The fourth-order valence-corrected chi connectivity index (χ4v) is 6.79. The molecule has 4 rings (SSSR count). The fourth-order valence-electron chi connectivity index (χ4n) is 6.48. The van der Waals surface area contributed by atoms with E-state index in [0.29, 0.717) is 0 Å². The summed E-state index contributed by atoms with van der Waals surface area (Å²) >= 11 is 0. The molecule has 0 aliphatic carbocycles. The number of rotatable bonds is 14. The Morgan fingerprint density at radius 1 is 0.545 bits per heavy atom. The molecular formula is C28H48N2O24S. The van der Waals surface area contributed by atoms with Crippen molar-refractivity contribution in [3.8, 4) is 0 Å². The molecule has 4 aliphatic rings. The van der Waals surface area contributed by atoms with Crippen LogP contribution in [0.25, 0.3) is 0 Å². The molecule has 0 unspecified atom stereocenters. The van der Waals surface area contributed by atoms with Crippen LogP contribution in [0.4, 0.5) is 0 Å². The maximum atomic E-state index is 12.3. The average Bonchev–Trinajstić information content (AvgIpc) is 3.11. The van der Waals surface area contributed by atoms with E-state index in [1.165, 1.54) is 0 Å². The molecule has 20 atom stereocenters. The predicted molar refractivity (Wildman–Crippen MR) is 167 cm³/mol. The molecule has 55 heavy (non-hydrogen) atoms. The van der Waals surface area contributed by atoms with Gasteiger partial charge in [0.2, 0.25) is 11.8 Å². The van der Waals surface area contributed by atoms with Crippen molar-refractivity contribution in [3.63, 3.8) is 0 Å². The molecule has 0 aromatic carbocycles. The molecule has 27 heteroatoms. The summed E-state index contributed by atoms with van der Waals surface area (Å²) in [5.41, 5.74) is 0. The zero-order valence-electron chi connectivity index (χ0n) is 29.0. The summed E-state index contributed by atoms with van der Waals surface area (Å²) < 4.78 is 74.1. The number of ether oxygens (including phenoxy) is 7. The van der Waals surface area contributed by atoms with Gasteiger partial charge in [0.05, 0.1) is 26.4 Å². The highest BCUT2D eigenvalue weighted by molar-refractivity contribution is 7.80. The second-order valence-electron chi connectivity index (χ2n) is 13.1. The van der Waals surface area contributed by atoms with Gasteiger partial charge in [0.1, 0.15) is 97.5 Å². The highest BCUT2D eigenvalue weighted by atomic mass is 32.3. The van der Waals surface area contributed by atoms with E-state index in [1.54, 1.807) is 0 Å².